The van der Waals surface area contributed by atoms with Crippen LogP contribution in [0, 0.1) is 0 Å². The summed E-state index contributed by atoms with van der Waals surface area (Å²) in [4.78, 5) is 17.2. The van der Waals surface area contributed by atoms with E-state index < -0.39 is 0 Å². The Labute approximate surface area is 216 Å². The molecule has 1 fully saturated rings. The third-order valence-corrected chi connectivity index (χ3v) is 6.82. The minimum Gasteiger partial charge on any atom is -0.483 e. The molecule has 0 spiro atoms. The number of aliphatic hydroxyl groups excluding tert-OH is 1. The van der Waals surface area contributed by atoms with Crippen LogP contribution >= 0.6 is 23.2 Å². The van der Waals surface area contributed by atoms with Crippen LogP contribution in [0.4, 0.5) is 5.69 Å². The number of hydrogen-bond acceptors (Lipinski definition) is 5. The van der Waals surface area contributed by atoms with Crippen molar-refractivity contribution >= 4 is 34.8 Å². The van der Waals surface area contributed by atoms with Gasteiger partial charge in [-0.3, -0.25) is 9.69 Å². The van der Waals surface area contributed by atoms with E-state index in [9.17, 15) is 9.90 Å². The van der Waals surface area contributed by atoms with Gasteiger partial charge < -0.3 is 20.1 Å². The maximum absolute atomic E-state index is 12.5. The van der Waals surface area contributed by atoms with Crippen LogP contribution in [0.2, 0.25) is 10.0 Å². The standard InChI is InChI=1S/C27H29Cl2N3O3/c1-31-10-12-32(13-11-31)16-22-14-21(20-4-2-19(17-33)3-5-20)6-9-26(22)35-18-27(34)30-23-7-8-24(28)25(29)15-23/h2-9,14-15,33H,10-13,16-18H2,1H3,(H,30,34). The number of anilines is 1. The average Bonchev–Trinajstić information content (AvgIpc) is 2.87. The molecule has 1 aliphatic rings. The van der Waals surface area contributed by atoms with Gasteiger partial charge in [0.2, 0.25) is 0 Å². The van der Waals surface area contributed by atoms with Crippen molar-refractivity contribution < 1.29 is 14.6 Å². The fourth-order valence-electron chi connectivity index (χ4n) is 3.99. The summed E-state index contributed by atoms with van der Waals surface area (Å²) in [6.07, 6.45) is 0. The van der Waals surface area contributed by atoms with Crippen LogP contribution in [0.3, 0.4) is 0 Å². The molecular weight excluding hydrogens is 485 g/mol. The Bertz CT molecular complexity index is 1160. The molecule has 8 heteroatoms. The molecule has 1 saturated heterocycles. The summed E-state index contributed by atoms with van der Waals surface area (Å²) in [5.74, 6) is 0.404. The van der Waals surface area contributed by atoms with Gasteiger partial charge in [0, 0.05) is 44.0 Å². The van der Waals surface area contributed by atoms with Crippen molar-refractivity contribution in [2.24, 2.45) is 0 Å². The van der Waals surface area contributed by atoms with Crippen LogP contribution in [0.25, 0.3) is 11.1 Å². The van der Waals surface area contributed by atoms with Gasteiger partial charge in [0.1, 0.15) is 5.75 Å². The molecule has 3 aromatic carbocycles. The number of ether oxygens (including phenoxy) is 1. The molecule has 2 N–H and O–H groups in total. The third kappa shape index (κ3) is 6.97. The quantitative estimate of drug-likeness (QED) is 0.447. The molecule has 0 aliphatic carbocycles. The van der Waals surface area contributed by atoms with Gasteiger partial charge in [-0.25, -0.2) is 0 Å². The lowest BCUT2D eigenvalue weighted by Crippen LogP contribution is -2.43. The molecule has 35 heavy (non-hydrogen) atoms. The Morgan fingerprint density at radius 2 is 1.66 bits per heavy atom. The zero-order chi connectivity index (χ0) is 24.8. The number of piperazine rings is 1. The van der Waals surface area contributed by atoms with E-state index in [0.717, 1.165) is 55.0 Å². The fourth-order valence-corrected chi connectivity index (χ4v) is 4.29. The van der Waals surface area contributed by atoms with E-state index in [1.54, 1.807) is 18.2 Å². The van der Waals surface area contributed by atoms with E-state index in [-0.39, 0.29) is 19.1 Å². The van der Waals surface area contributed by atoms with Crippen molar-refractivity contribution in [2.45, 2.75) is 13.2 Å². The minimum absolute atomic E-state index is 0.0198. The highest BCUT2D eigenvalue weighted by Crippen LogP contribution is 2.29. The number of aliphatic hydroxyl groups is 1. The van der Waals surface area contributed by atoms with Crippen molar-refractivity contribution in [3.63, 3.8) is 0 Å². The second-order valence-corrected chi connectivity index (χ2v) is 9.54. The Hall–Kier alpha value is -2.61. The van der Waals surface area contributed by atoms with Crippen LogP contribution in [-0.2, 0) is 17.9 Å². The lowest BCUT2D eigenvalue weighted by Gasteiger charge is -2.32. The van der Waals surface area contributed by atoms with E-state index in [1.807, 2.05) is 36.4 Å². The van der Waals surface area contributed by atoms with E-state index in [2.05, 4.69) is 28.2 Å². The number of amides is 1. The molecule has 1 amide bonds. The summed E-state index contributed by atoms with van der Waals surface area (Å²) in [6, 6.07) is 18.8. The summed E-state index contributed by atoms with van der Waals surface area (Å²) in [5.41, 5.74) is 4.59. The number of nitrogens with zero attached hydrogens (tertiary/aromatic N) is 2. The van der Waals surface area contributed by atoms with Crippen molar-refractivity contribution in [3.8, 4) is 16.9 Å². The Morgan fingerprint density at radius 3 is 2.34 bits per heavy atom. The fraction of sp³-hybridized carbons (Fsp3) is 0.296. The smallest absolute Gasteiger partial charge is 0.262 e. The lowest BCUT2D eigenvalue weighted by molar-refractivity contribution is -0.118. The number of nitrogens with one attached hydrogen (secondary N) is 1. The predicted octanol–water partition coefficient (Wildman–Crippen LogP) is 4.92. The highest BCUT2D eigenvalue weighted by molar-refractivity contribution is 6.42. The second-order valence-electron chi connectivity index (χ2n) is 8.72. The van der Waals surface area contributed by atoms with Gasteiger partial charge in [-0.2, -0.15) is 0 Å². The maximum atomic E-state index is 12.5. The van der Waals surface area contributed by atoms with Crippen LogP contribution < -0.4 is 10.1 Å². The van der Waals surface area contributed by atoms with Gasteiger partial charge in [-0.1, -0.05) is 53.5 Å². The molecule has 6 nitrogen and oxygen atoms in total. The van der Waals surface area contributed by atoms with Gasteiger partial charge in [-0.15, -0.1) is 0 Å². The number of carbonyl (C=O) groups is 1. The van der Waals surface area contributed by atoms with Crippen molar-refractivity contribution in [3.05, 3.63) is 81.8 Å². The molecule has 0 saturated carbocycles. The number of benzene rings is 3. The van der Waals surface area contributed by atoms with Gasteiger partial charge in [0.15, 0.2) is 6.61 Å². The zero-order valence-electron chi connectivity index (χ0n) is 19.6. The highest BCUT2D eigenvalue weighted by Gasteiger charge is 2.17. The molecule has 0 aromatic heterocycles. The summed E-state index contributed by atoms with van der Waals surface area (Å²) in [6.45, 7) is 4.62. The zero-order valence-corrected chi connectivity index (χ0v) is 21.1. The molecule has 0 radical (unpaired) electrons. The first-order valence-electron chi connectivity index (χ1n) is 11.5. The first kappa shape index (κ1) is 25.5. The number of carbonyl (C=O) groups excluding carboxylic acids is 1. The van der Waals surface area contributed by atoms with E-state index in [0.29, 0.717) is 21.5 Å². The van der Waals surface area contributed by atoms with Gasteiger partial charge >= 0.3 is 0 Å². The molecule has 4 rings (SSSR count). The molecule has 1 heterocycles. The lowest BCUT2D eigenvalue weighted by atomic mass is 10.0. The first-order chi connectivity index (χ1) is 16.9. The summed E-state index contributed by atoms with van der Waals surface area (Å²) < 4.78 is 5.97. The van der Waals surface area contributed by atoms with Crippen LogP contribution in [0.1, 0.15) is 11.1 Å². The Balaban J connectivity index is 1.49. The van der Waals surface area contributed by atoms with Crippen molar-refractivity contribution in [1.29, 1.82) is 0 Å². The van der Waals surface area contributed by atoms with Crippen LogP contribution in [-0.4, -0.2) is 60.6 Å². The number of likely N-dealkylation sites (N-methyl/N-ethyl adjacent to an activating group) is 1. The van der Waals surface area contributed by atoms with Gasteiger partial charge in [0.05, 0.1) is 16.7 Å². The number of halogens is 2. The minimum atomic E-state index is -0.280. The summed E-state index contributed by atoms with van der Waals surface area (Å²) >= 11 is 12.0. The second kappa shape index (κ2) is 11.9. The van der Waals surface area contributed by atoms with Gasteiger partial charge in [-0.05, 0) is 54.1 Å². The molecular formula is C27H29Cl2N3O3. The van der Waals surface area contributed by atoms with Crippen molar-refractivity contribution in [2.75, 3.05) is 45.2 Å². The van der Waals surface area contributed by atoms with Crippen LogP contribution in [0.15, 0.2) is 60.7 Å². The third-order valence-electron chi connectivity index (χ3n) is 6.08. The Kier molecular flexibility index (Phi) is 8.65. The summed E-state index contributed by atoms with van der Waals surface area (Å²) in [5, 5.41) is 12.9. The largest absolute Gasteiger partial charge is 0.483 e. The summed E-state index contributed by atoms with van der Waals surface area (Å²) in [7, 11) is 2.13. The topological polar surface area (TPSA) is 65.0 Å². The molecule has 1 aliphatic heterocycles. The van der Waals surface area contributed by atoms with E-state index in [4.69, 9.17) is 27.9 Å². The normalized spacial score (nSPS) is 14.6. The van der Waals surface area contributed by atoms with Crippen molar-refractivity contribution in [1.82, 2.24) is 9.80 Å². The first-order valence-corrected chi connectivity index (χ1v) is 12.3. The molecule has 0 bridgehead atoms. The molecule has 184 valence electrons. The van der Waals surface area contributed by atoms with E-state index >= 15 is 0 Å². The SMILES string of the molecule is CN1CCN(Cc2cc(-c3ccc(CO)cc3)ccc2OCC(=O)Nc2ccc(Cl)c(Cl)c2)CC1. The van der Waals surface area contributed by atoms with E-state index in [1.165, 1.54) is 0 Å². The van der Waals surface area contributed by atoms with Gasteiger partial charge in [0.25, 0.3) is 5.91 Å². The average molecular weight is 514 g/mol. The molecule has 0 atom stereocenters. The highest BCUT2D eigenvalue weighted by atomic mass is 35.5. The number of hydrogen-bond donors (Lipinski definition) is 2. The molecule has 0 unspecified atom stereocenters. The Morgan fingerprint density at radius 1 is 0.943 bits per heavy atom. The monoisotopic (exact) mass is 513 g/mol. The number of rotatable bonds is 8. The van der Waals surface area contributed by atoms with Crippen LogP contribution in [0.5, 0.6) is 5.75 Å². The predicted molar refractivity (Wildman–Crippen MR) is 141 cm³/mol. The molecule has 3 aromatic rings. The maximum Gasteiger partial charge on any atom is 0.262 e.